The van der Waals surface area contributed by atoms with E-state index in [0.717, 1.165) is 18.5 Å². The van der Waals surface area contributed by atoms with Crippen molar-refractivity contribution < 1.29 is 18.3 Å². The van der Waals surface area contributed by atoms with Gasteiger partial charge in [-0.15, -0.1) is 0 Å². The van der Waals surface area contributed by atoms with E-state index in [1.807, 2.05) is 0 Å². The molecule has 0 radical (unpaired) electrons. The second-order valence-electron chi connectivity index (χ2n) is 12.5. The van der Waals surface area contributed by atoms with Gasteiger partial charge < -0.3 is 15.3 Å². The summed E-state index contributed by atoms with van der Waals surface area (Å²) in [5.41, 5.74) is -0.595. The maximum atomic E-state index is 13.5. The summed E-state index contributed by atoms with van der Waals surface area (Å²) in [6, 6.07) is 7.67. The number of carbonyl (C=O) groups is 1. The Bertz CT molecular complexity index is 1290. The molecule has 4 rings (SSSR count). The molecule has 2 aliphatic heterocycles. The molecule has 0 aromatic carbocycles. The third-order valence-corrected chi connectivity index (χ3v) is 8.60. The predicted octanol–water partition coefficient (Wildman–Crippen LogP) is 3.84. The highest BCUT2D eigenvalue weighted by Crippen LogP contribution is 2.40. The molecule has 1 amide bonds. The number of carbonyl (C=O) groups excluding carboxylic acids is 1. The molecular formula is C27H39N5O4S. The Morgan fingerprint density at radius 2 is 1.76 bits per heavy atom. The highest BCUT2D eigenvalue weighted by Gasteiger charge is 2.42. The van der Waals surface area contributed by atoms with E-state index in [4.69, 9.17) is 4.98 Å². The lowest BCUT2D eigenvalue weighted by Crippen LogP contribution is -2.42. The van der Waals surface area contributed by atoms with Crippen molar-refractivity contribution in [2.75, 3.05) is 16.8 Å². The van der Waals surface area contributed by atoms with E-state index in [-0.39, 0.29) is 27.6 Å². The van der Waals surface area contributed by atoms with Crippen molar-refractivity contribution in [3.63, 3.8) is 0 Å². The molecule has 1 fully saturated rings. The van der Waals surface area contributed by atoms with Crippen LogP contribution in [0.5, 0.6) is 0 Å². The Kier molecular flexibility index (Phi) is 6.82. The minimum Gasteiger partial charge on any atom is -0.388 e. The summed E-state index contributed by atoms with van der Waals surface area (Å²) in [4.78, 5) is 24.8. The first kappa shape index (κ1) is 27.3. The first-order chi connectivity index (χ1) is 17.0. The molecular weight excluding hydrogens is 490 g/mol. The molecule has 202 valence electrons. The van der Waals surface area contributed by atoms with Gasteiger partial charge in [0.1, 0.15) is 11.6 Å². The highest BCUT2D eigenvalue weighted by molar-refractivity contribution is 7.90. The summed E-state index contributed by atoms with van der Waals surface area (Å²) < 4.78 is 28.6. The maximum absolute atomic E-state index is 13.5. The van der Waals surface area contributed by atoms with Crippen LogP contribution in [0.4, 0.5) is 11.6 Å². The van der Waals surface area contributed by atoms with Crippen LogP contribution in [0, 0.1) is 5.92 Å². The van der Waals surface area contributed by atoms with E-state index < -0.39 is 21.5 Å². The monoisotopic (exact) mass is 529 g/mol. The Hall–Kier alpha value is -2.72. The van der Waals surface area contributed by atoms with Crippen molar-refractivity contribution in [3.8, 4) is 0 Å². The molecule has 2 aromatic heterocycles. The second-order valence-corrected chi connectivity index (χ2v) is 14.2. The molecule has 4 heterocycles. The van der Waals surface area contributed by atoms with Gasteiger partial charge in [0.05, 0.1) is 17.2 Å². The van der Waals surface area contributed by atoms with Crippen molar-refractivity contribution in [3.05, 3.63) is 41.6 Å². The highest BCUT2D eigenvalue weighted by atomic mass is 32.2. The minimum atomic E-state index is -4.26. The van der Waals surface area contributed by atoms with Gasteiger partial charge in [-0.05, 0) is 77.1 Å². The zero-order valence-electron chi connectivity index (χ0n) is 22.8. The number of nitrogens with one attached hydrogen (secondary N) is 2. The molecule has 1 saturated heterocycles. The van der Waals surface area contributed by atoms with Gasteiger partial charge in [0.25, 0.3) is 15.9 Å². The molecule has 2 aliphatic rings. The van der Waals surface area contributed by atoms with Crippen LogP contribution >= 0.6 is 0 Å². The van der Waals surface area contributed by atoms with Crippen LogP contribution in [-0.2, 0) is 15.4 Å². The number of hydrogen-bond acceptors (Lipinski definition) is 8. The van der Waals surface area contributed by atoms with Gasteiger partial charge in [-0.1, -0.05) is 26.8 Å². The van der Waals surface area contributed by atoms with Crippen LogP contribution in [0.3, 0.4) is 0 Å². The van der Waals surface area contributed by atoms with Crippen LogP contribution in [0.25, 0.3) is 0 Å². The van der Waals surface area contributed by atoms with Gasteiger partial charge >= 0.3 is 0 Å². The van der Waals surface area contributed by atoms with Crippen molar-refractivity contribution in [1.82, 2.24) is 14.7 Å². The summed E-state index contributed by atoms with van der Waals surface area (Å²) >= 11 is 0. The van der Waals surface area contributed by atoms with Gasteiger partial charge in [0.15, 0.2) is 5.03 Å². The molecule has 0 spiro atoms. The lowest BCUT2D eigenvalue weighted by molar-refractivity contribution is 0.0542. The number of fused-ring (bicyclic) bond motifs is 6. The van der Waals surface area contributed by atoms with Crippen LogP contribution in [0.2, 0.25) is 0 Å². The first-order valence-electron chi connectivity index (χ1n) is 12.8. The number of anilines is 2. The molecule has 3 N–H and O–H groups in total. The van der Waals surface area contributed by atoms with E-state index in [9.17, 15) is 18.3 Å². The number of aromatic nitrogens is 2. The van der Waals surface area contributed by atoms with Crippen LogP contribution in [0.1, 0.15) is 83.8 Å². The Morgan fingerprint density at radius 1 is 1.05 bits per heavy atom. The SMILES string of the molecule is CC(C)(C)c1ccc2c(n1)N1C[C@@H](CCC(C(C)(C)O)Nc3cccc(n3)S(=O)(=O)NC2=O)CC1(C)C. The number of pyridine rings is 2. The first-order valence-corrected chi connectivity index (χ1v) is 14.3. The smallest absolute Gasteiger partial charge is 0.281 e. The molecule has 0 saturated carbocycles. The third kappa shape index (κ3) is 5.75. The summed E-state index contributed by atoms with van der Waals surface area (Å²) in [5.74, 6) is 0.362. The van der Waals surface area contributed by atoms with Gasteiger partial charge in [-0.3, -0.25) is 4.79 Å². The van der Waals surface area contributed by atoms with Crippen LogP contribution in [0.15, 0.2) is 35.4 Å². The Balaban J connectivity index is 1.86. The Labute approximate surface area is 220 Å². The number of amides is 1. The number of sulfonamides is 1. The number of rotatable bonds is 1. The zero-order valence-corrected chi connectivity index (χ0v) is 23.6. The second kappa shape index (κ2) is 9.23. The fraction of sp³-hybridized carbons (Fsp3) is 0.593. The number of hydrogen-bond donors (Lipinski definition) is 3. The third-order valence-electron chi connectivity index (χ3n) is 7.37. The molecule has 10 heteroatoms. The predicted molar refractivity (Wildman–Crippen MR) is 144 cm³/mol. The van der Waals surface area contributed by atoms with Crippen molar-refractivity contribution in [1.29, 1.82) is 0 Å². The van der Waals surface area contributed by atoms with Gasteiger partial charge in [-0.25, -0.2) is 14.7 Å². The number of aliphatic hydroxyl groups is 1. The topological polar surface area (TPSA) is 125 Å². The fourth-order valence-corrected chi connectivity index (χ4v) is 6.19. The normalized spacial score (nSPS) is 23.8. The van der Waals surface area contributed by atoms with Gasteiger partial charge in [0.2, 0.25) is 0 Å². The van der Waals surface area contributed by atoms with E-state index in [1.165, 1.54) is 6.07 Å². The lowest BCUT2D eigenvalue weighted by atomic mass is 9.88. The van der Waals surface area contributed by atoms with Gasteiger partial charge in [-0.2, -0.15) is 8.42 Å². The average molecular weight is 530 g/mol. The number of nitrogens with zero attached hydrogens (tertiary/aromatic N) is 3. The van der Waals surface area contributed by atoms with Crippen molar-refractivity contribution in [2.24, 2.45) is 5.92 Å². The summed E-state index contributed by atoms with van der Waals surface area (Å²) in [7, 11) is -4.26. The van der Waals surface area contributed by atoms with E-state index in [0.29, 0.717) is 30.5 Å². The maximum Gasteiger partial charge on any atom is 0.281 e. The molecule has 4 bridgehead atoms. The van der Waals surface area contributed by atoms with Gasteiger partial charge in [0, 0.05) is 23.2 Å². The minimum absolute atomic E-state index is 0.212. The van der Waals surface area contributed by atoms with E-state index in [1.54, 1.807) is 38.1 Å². The molecule has 37 heavy (non-hydrogen) atoms. The molecule has 0 aliphatic carbocycles. The summed E-state index contributed by atoms with van der Waals surface area (Å²) in [6.07, 6.45) is 2.37. The Morgan fingerprint density at radius 3 is 2.41 bits per heavy atom. The standard InChI is InChI=1S/C27H39N5O4S/c1-25(2,3)19-14-12-18-23(29-19)32-16-17(15-26(32,4)5)11-13-20(27(6,7)34)28-21-9-8-10-22(30-21)37(35,36)31-24(18)33/h8-10,12,14,17,20,34H,11,13,15-16H2,1-7H3,(H,28,30)(H,31,33)/t17-,20?/m0/s1. The fourth-order valence-electron chi connectivity index (χ4n) is 5.26. The average Bonchev–Trinajstić information content (AvgIpc) is 3.08. The van der Waals surface area contributed by atoms with Crippen LogP contribution in [-0.4, -0.2) is 53.1 Å². The molecule has 9 nitrogen and oxygen atoms in total. The quantitative estimate of drug-likeness (QED) is 0.509. The van der Waals surface area contributed by atoms with Crippen molar-refractivity contribution >= 4 is 27.6 Å². The zero-order chi connectivity index (χ0) is 27.4. The summed E-state index contributed by atoms with van der Waals surface area (Å²) in [5, 5.41) is 13.8. The van der Waals surface area contributed by atoms with E-state index in [2.05, 4.69) is 54.5 Å². The van der Waals surface area contributed by atoms with E-state index >= 15 is 0 Å². The molecule has 1 unspecified atom stereocenters. The molecule has 2 aromatic rings. The van der Waals surface area contributed by atoms with Crippen LogP contribution < -0.4 is 14.9 Å². The van der Waals surface area contributed by atoms with Crippen molar-refractivity contribution in [2.45, 2.75) is 95.4 Å². The molecule has 2 atom stereocenters. The largest absolute Gasteiger partial charge is 0.388 e. The summed E-state index contributed by atoms with van der Waals surface area (Å²) in [6.45, 7) is 14.6. The lowest BCUT2D eigenvalue weighted by Gasteiger charge is -2.34.